The van der Waals surface area contributed by atoms with Gasteiger partial charge in [-0.1, -0.05) is 0 Å². The summed E-state index contributed by atoms with van der Waals surface area (Å²) in [5.41, 5.74) is 5.33. The summed E-state index contributed by atoms with van der Waals surface area (Å²) >= 11 is 0. The van der Waals surface area contributed by atoms with Crippen molar-refractivity contribution in [1.82, 2.24) is 19.5 Å². The van der Waals surface area contributed by atoms with Gasteiger partial charge < -0.3 is 4.98 Å². The molecule has 6 heteroatoms. The van der Waals surface area contributed by atoms with E-state index in [1.54, 1.807) is 12.1 Å². The molecule has 0 radical (unpaired) electrons. The first-order valence-corrected chi connectivity index (χ1v) is 9.51. The smallest absolute Gasteiger partial charge is 0.228 e. The van der Waals surface area contributed by atoms with Gasteiger partial charge in [-0.2, -0.15) is 0 Å². The van der Waals surface area contributed by atoms with Crippen LogP contribution in [0.25, 0.3) is 46.4 Å². The standard InChI is InChI=1S/C24H18N4O2/c1-14(29)23-13-22-11-20-7-5-18(26-20)9-16-3-4-17(25-16)10-19-6-8-21(27-19)12-24(23)28(22)15(2)30/h3-13,25H,1-2H3/i13D. The van der Waals surface area contributed by atoms with Gasteiger partial charge in [0.25, 0.3) is 0 Å². The van der Waals surface area contributed by atoms with Gasteiger partial charge in [-0.3, -0.25) is 14.2 Å². The molecule has 5 heterocycles. The van der Waals surface area contributed by atoms with Crippen molar-refractivity contribution in [3.8, 4) is 0 Å². The van der Waals surface area contributed by atoms with E-state index in [2.05, 4.69) is 15.0 Å². The highest BCUT2D eigenvalue weighted by Crippen LogP contribution is 2.23. The van der Waals surface area contributed by atoms with Crippen LogP contribution in [0.5, 0.6) is 0 Å². The summed E-state index contributed by atoms with van der Waals surface area (Å²) in [6.07, 6.45) is 7.36. The molecule has 5 rings (SSSR count). The monoisotopic (exact) mass is 395 g/mol. The molecule has 2 aliphatic rings. The van der Waals surface area contributed by atoms with Crippen LogP contribution in [0.1, 0.15) is 53.1 Å². The summed E-state index contributed by atoms with van der Waals surface area (Å²) in [5, 5.41) is 0. The number of fused-ring (bicyclic) bond motifs is 8. The largest absolute Gasteiger partial charge is 0.355 e. The topological polar surface area (TPSA) is 80.6 Å². The van der Waals surface area contributed by atoms with Gasteiger partial charge in [0, 0.05) is 23.5 Å². The number of carbonyl (C=O) groups is 2. The molecule has 1 N–H and O–H groups in total. The van der Waals surface area contributed by atoms with E-state index in [9.17, 15) is 9.59 Å². The molecule has 3 aromatic rings. The van der Waals surface area contributed by atoms with Crippen LogP contribution in [-0.2, 0) is 0 Å². The second kappa shape index (κ2) is 6.77. The number of aromatic amines is 1. The minimum Gasteiger partial charge on any atom is -0.355 e. The number of H-pyrrole nitrogens is 1. The van der Waals surface area contributed by atoms with Crippen molar-refractivity contribution in [1.29, 1.82) is 0 Å². The van der Waals surface area contributed by atoms with E-state index in [-0.39, 0.29) is 23.3 Å². The predicted molar refractivity (Wildman–Crippen MR) is 119 cm³/mol. The van der Waals surface area contributed by atoms with Crippen LogP contribution in [0.4, 0.5) is 0 Å². The number of hydrogen-bond donors (Lipinski definition) is 1. The molecule has 0 unspecified atom stereocenters. The highest BCUT2D eigenvalue weighted by Gasteiger charge is 2.15. The van der Waals surface area contributed by atoms with Gasteiger partial charge >= 0.3 is 0 Å². The lowest BCUT2D eigenvalue weighted by molar-refractivity contribution is 0.0946. The third-order valence-corrected chi connectivity index (χ3v) is 4.93. The minimum absolute atomic E-state index is 0.00118. The predicted octanol–water partition coefficient (Wildman–Crippen LogP) is 4.99. The molecule has 0 fully saturated rings. The fraction of sp³-hybridized carbons (Fsp3) is 0.0833. The van der Waals surface area contributed by atoms with Crippen LogP contribution >= 0.6 is 0 Å². The zero-order chi connectivity index (χ0) is 21.7. The van der Waals surface area contributed by atoms with E-state index in [1.165, 1.54) is 18.4 Å². The van der Waals surface area contributed by atoms with E-state index in [0.717, 1.165) is 22.4 Å². The molecule has 30 heavy (non-hydrogen) atoms. The van der Waals surface area contributed by atoms with E-state index < -0.39 is 0 Å². The Kier molecular flexibility index (Phi) is 3.81. The average molecular weight is 395 g/mol. The SMILES string of the molecule is [2H]c1c(C(C)=O)c2cc3nc(cc4ccc(cc5nc(cc1n2C(C)=O)C=C5)[nH]4)C=C3. The van der Waals surface area contributed by atoms with Crippen LogP contribution in [-0.4, -0.2) is 31.2 Å². The van der Waals surface area contributed by atoms with Crippen LogP contribution in [0.15, 0.2) is 42.4 Å². The second-order valence-electron chi connectivity index (χ2n) is 7.22. The Morgan fingerprint density at radius 3 is 1.93 bits per heavy atom. The number of Topliss-reactive ketones (excluding diaryl/α,β-unsaturated/α-hetero) is 1. The van der Waals surface area contributed by atoms with Gasteiger partial charge in [0.15, 0.2) is 5.78 Å². The summed E-state index contributed by atoms with van der Waals surface area (Å²) in [4.78, 5) is 37.5. The molecule has 146 valence electrons. The van der Waals surface area contributed by atoms with E-state index in [4.69, 9.17) is 1.37 Å². The zero-order valence-electron chi connectivity index (χ0n) is 17.4. The highest BCUT2D eigenvalue weighted by molar-refractivity contribution is 6.06. The van der Waals surface area contributed by atoms with Crippen molar-refractivity contribution in [2.75, 3.05) is 0 Å². The van der Waals surface area contributed by atoms with Gasteiger partial charge in [0.05, 0.1) is 35.2 Å². The number of nitrogens with one attached hydrogen (secondary N) is 1. The average Bonchev–Trinajstić information content (AvgIpc) is 3.46. The van der Waals surface area contributed by atoms with Gasteiger partial charge in [0.2, 0.25) is 5.91 Å². The first kappa shape index (κ1) is 16.9. The van der Waals surface area contributed by atoms with Crippen molar-refractivity contribution < 1.29 is 11.0 Å². The minimum atomic E-state index is -0.297. The molecule has 0 aliphatic carbocycles. The highest BCUT2D eigenvalue weighted by atomic mass is 16.2. The van der Waals surface area contributed by atoms with Crippen molar-refractivity contribution in [2.45, 2.75) is 13.8 Å². The van der Waals surface area contributed by atoms with Crippen LogP contribution < -0.4 is 0 Å². The third kappa shape index (κ3) is 3.18. The van der Waals surface area contributed by atoms with Crippen molar-refractivity contribution in [3.63, 3.8) is 0 Å². The van der Waals surface area contributed by atoms with Crippen LogP contribution in [0.2, 0.25) is 0 Å². The molecule has 8 bridgehead atoms. The Bertz CT molecular complexity index is 1510. The normalized spacial score (nSPS) is 12.8. The molecule has 6 nitrogen and oxygen atoms in total. The molecule has 0 atom stereocenters. The fourth-order valence-corrected chi connectivity index (χ4v) is 3.64. The Morgan fingerprint density at radius 2 is 1.40 bits per heavy atom. The van der Waals surface area contributed by atoms with Gasteiger partial charge in [-0.25, -0.2) is 9.97 Å². The summed E-state index contributed by atoms with van der Waals surface area (Å²) in [5.74, 6) is -0.584. The number of aromatic nitrogens is 4. The second-order valence-corrected chi connectivity index (χ2v) is 7.22. The maximum absolute atomic E-state index is 12.6. The Hall–Kier alpha value is -4.06. The lowest BCUT2D eigenvalue weighted by Crippen LogP contribution is -2.05. The van der Waals surface area contributed by atoms with Crippen molar-refractivity contribution in [2.24, 2.45) is 0 Å². The number of hydrogen-bond acceptors (Lipinski definition) is 4. The Morgan fingerprint density at radius 1 is 0.867 bits per heavy atom. The van der Waals surface area contributed by atoms with Gasteiger partial charge in [-0.05, 0) is 73.7 Å². The van der Waals surface area contributed by atoms with E-state index >= 15 is 0 Å². The molecule has 3 aromatic heterocycles. The lowest BCUT2D eigenvalue weighted by atomic mass is 10.2. The number of rotatable bonds is 1. The quantitative estimate of drug-likeness (QED) is 0.405. The van der Waals surface area contributed by atoms with Crippen LogP contribution in [0, 0.1) is 0 Å². The van der Waals surface area contributed by atoms with Crippen LogP contribution in [0.3, 0.4) is 0 Å². The van der Waals surface area contributed by atoms with Gasteiger partial charge in [0.1, 0.15) is 0 Å². The number of ketones is 1. The zero-order valence-corrected chi connectivity index (χ0v) is 16.4. The molecular formula is C24H18N4O2. The molecule has 2 aliphatic heterocycles. The summed E-state index contributed by atoms with van der Waals surface area (Å²) < 4.78 is 10.0. The van der Waals surface area contributed by atoms with Crippen molar-refractivity contribution in [3.05, 3.63) is 70.8 Å². The molecule has 0 saturated heterocycles. The maximum atomic E-state index is 12.6. The van der Waals surface area contributed by atoms with E-state index in [1.807, 2.05) is 48.6 Å². The fourth-order valence-electron chi connectivity index (χ4n) is 3.64. The molecule has 0 spiro atoms. The van der Waals surface area contributed by atoms with E-state index in [0.29, 0.717) is 22.4 Å². The molecule has 0 amide bonds. The number of nitrogens with zero attached hydrogens (tertiary/aromatic N) is 3. The Balaban J connectivity index is 1.99. The maximum Gasteiger partial charge on any atom is 0.228 e. The molecular weight excluding hydrogens is 376 g/mol. The summed E-state index contributed by atoms with van der Waals surface area (Å²) in [7, 11) is 0. The summed E-state index contributed by atoms with van der Waals surface area (Å²) in [6, 6.07) is 11.1. The lowest BCUT2D eigenvalue weighted by Gasteiger charge is -2.01. The summed E-state index contributed by atoms with van der Waals surface area (Å²) in [6.45, 7) is 2.81. The van der Waals surface area contributed by atoms with Crippen molar-refractivity contribution >= 4 is 58.1 Å². The Labute approximate surface area is 173 Å². The number of carbonyl (C=O) groups excluding carboxylic acids is 2. The molecule has 0 aromatic carbocycles. The third-order valence-electron chi connectivity index (χ3n) is 4.93. The molecule has 0 saturated carbocycles. The first-order valence-electron chi connectivity index (χ1n) is 10.0. The van der Waals surface area contributed by atoms with Gasteiger partial charge in [-0.15, -0.1) is 0 Å². The first-order chi connectivity index (χ1) is 14.9.